The van der Waals surface area contributed by atoms with Crippen LogP contribution in [0, 0.1) is 5.41 Å². The Morgan fingerprint density at radius 2 is 2.17 bits per heavy atom. The molecule has 0 aliphatic carbocycles. The first-order valence-electron chi connectivity index (χ1n) is 6.77. The van der Waals surface area contributed by atoms with Gasteiger partial charge in [-0.1, -0.05) is 0 Å². The lowest BCUT2D eigenvalue weighted by atomic mass is 9.73. The smallest absolute Gasteiger partial charge is 0.220 e. The Kier molecular flexibility index (Phi) is 3.12. The van der Waals surface area contributed by atoms with Gasteiger partial charge in [-0.15, -0.1) is 0 Å². The van der Waals surface area contributed by atoms with Crippen molar-refractivity contribution in [3.63, 3.8) is 0 Å². The van der Waals surface area contributed by atoms with Crippen molar-refractivity contribution in [3.8, 4) is 0 Å². The van der Waals surface area contributed by atoms with Gasteiger partial charge in [0.05, 0.1) is 12.8 Å². The number of rotatable bonds is 2. The molecule has 4 heteroatoms. The third-order valence-corrected chi connectivity index (χ3v) is 4.42. The van der Waals surface area contributed by atoms with Gasteiger partial charge in [0.1, 0.15) is 5.76 Å². The Labute approximate surface area is 107 Å². The van der Waals surface area contributed by atoms with Crippen LogP contribution in [0.5, 0.6) is 0 Å². The maximum absolute atomic E-state index is 11.2. The Bertz CT molecular complexity index is 393. The van der Waals surface area contributed by atoms with Crippen LogP contribution in [-0.4, -0.2) is 30.4 Å². The number of carbonyl (C=O) groups excluding carboxylic acids is 1. The zero-order valence-corrected chi connectivity index (χ0v) is 10.7. The summed E-state index contributed by atoms with van der Waals surface area (Å²) in [6.45, 7) is 4.00. The number of furan rings is 1. The van der Waals surface area contributed by atoms with E-state index in [1.54, 1.807) is 6.26 Å². The zero-order chi connectivity index (χ0) is 12.4. The number of amides is 1. The molecule has 1 amide bonds. The van der Waals surface area contributed by atoms with E-state index < -0.39 is 0 Å². The highest BCUT2D eigenvalue weighted by molar-refractivity contribution is 5.76. The van der Waals surface area contributed by atoms with Gasteiger partial charge in [-0.05, 0) is 49.9 Å². The van der Waals surface area contributed by atoms with E-state index in [-0.39, 0.29) is 5.91 Å². The highest BCUT2D eigenvalue weighted by Crippen LogP contribution is 2.37. The Balaban J connectivity index is 1.53. The fourth-order valence-electron chi connectivity index (χ4n) is 3.08. The van der Waals surface area contributed by atoms with Gasteiger partial charge in [-0.25, -0.2) is 0 Å². The monoisotopic (exact) mass is 248 g/mol. The average molecular weight is 248 g/mol. The molecule has 0 radical (unpaired) electrons. The van der Waals surface area contributed by atoms with E-state index in [1.807, 2.05) is 12.1 Å². The van der Waals surface area contributed by atoms with Crippen LogP contribution in [0.25, 0.3) is 0 Å². The number of nitrogens with one attached hydrogen (secondary N) is 1. The average Bonchev–Trinajstić information content (AvgIpc) is 2.89. The minimum absolute atomic E-state index is 0.221. The van der Waals surface area contributed by atoms with E-state index >= 15 is 0 Å². The predicted molar refractivity (Wildman–Crippen MR) is 67.9 cm³/mol. The van der Waals surface area contributed by atoms with Crippen LogP contribution in [0.1, 0.15) is 31.4 Å². The molecule has 18 heavy (non-hydrogen) atoms. The topological polar surface area (TPSA) is 45.5 Å². The summed E-state index contributed by atoms with van der Waals surface area (Å²) in [5.74, 6) is 1.27. The largest absolute Gasteiger partial charge is 0.468 e. The van der Waals surface area contributed by atoms with E-state index in [1.165, 1.54) is 12.8 Å². The van der Waals surface area contributed by atoms with Gasteiger partial charge in [0.2, 0.25) is 5.91 Å². The van der Waals surface area contributed by atoms with Crippen LogP contribution in [0.4, 0.5) is 0 Å². The molecule has 0 atom stereocenters. The number of piperidine rings is 2. The molecule has 1 spiro atoms. The van der Waals surface area contributed by atoms with Crippen LogP contribution >= 0.6 is 0 Å². The first-order chi connectivity index (χ1) is 8.76. The summed E-state index contributed by atoms with van der Waals surface area (Å²) in [7, 11) is 0. The molecular formula is C14H20N2O2. The molecule has 2 aliphatic rings. The number of nitrogens with zero attached hydrogens (tertiary/aromatic N) is 1. The number of carbonyl (C=O) groups is 1. The summed E-state index contributed by atoms with van der Waals surface area (Å²) >= 11 is 0. The lowest BCUT2D eigenvalue weighted by molar-refractivity contribution is -0.125. The molecule has 98 valence electrons. The molecule has 1 N–H and O–H groups in total. The summed E-state index contributed by atoms with van der Waals surface area (Å²) in [6.07, 6.45) is 5.88. The van der Waals surface area contributed by atoms with Crippen molar-refractivity contribution in [3.05, 3.63) is 24.2 Å². The van der Waals surface area contributed by atoms with Crippen molar-refractivity contribution in [2.75, 3.05) is 19.6 Å². The predicted octanol–water partition coefficient (Wildman–Crippen LogP) is 1.77. The normalized spacial score (nSPS) is 24.1. The maximum Gasteiger partial charge on any atom is 0.220 e. The van der Waals surface area contributed by atoms with E-state index in [4.69, 9.17) is 4.42 Å². The molecule has 2 fully saturated rings. The van der Waals surface area contributed by atoms with Crippen molar-refractivity contribution in [2.24, 2.45) is 5.41 Å². The summed E-state index contributed by atoms with van der Waals surface area (Å²) in [4.78, 5) is 13.7. The van der Waals surface area contributed by atoms with Crippen molar-refractivity contribution in [1.82, 2.24) is 10.2 Å². The second kappa shape index (κ2) is 4.76. The molecule has 1 aromatic rings. The third-order valence-electron chi connectivity index (χ3n) is 4.42. The minimum Gasteiger partial charge on any atom is -0.468 e. The molecule has 0 unspecified atom stereocenters. The van der Waals surface area contributed by atoms with Crippen LogP contribution < -0.4 is 5.32 Å². The van der Waals surface area contributed by atoms with Gasteiger partial charge >= 0.3 is 0 Å². The first-order valence-corrected chi connectivity index (χ1v) is 6.77. The maximum atomic E-state index is 11.2. The van der Waals surface area contributed by atoms with Crippen LogP contribution in [-0.2, 0) is 11.3 Å². The van der Waals surface area contributed by atoms with Crippen molar-refractivity contribution in [2.45, 2.75) is 32.2 Å². The van der Waals surface area contributed by atoms with Crippen LogP contribution in [0.15, 0.2) is 22.8 Å². The van der Waals surface area contributed by atoms with Gasteiger partial charge in [0.25, 0.3) is 0 Å². The molecule has 4 nitrogen and oxygen atoms in total. The lowest BCUT2D eigenvalue weighted by Crippen LogP contribution is -2.49. The Hall–Kier alpha value is -1.29. The molecule has 3 rings (SSSR count). The highest BCUT2D eigenvalue weighted by atomic mass is 16.3. The van der Waals surface area contributed by atoms with Gasteiger partial charge in [-0.3, -0.25) is 9.69 Å². The fraction of sp³-hybridized carbons (Fsp3) is 0.643. The summed E-state index contributed by atoms with van der Waals surface area (Å²) in [5, 5.41) is 3.03. The number of likely N-dealkylation sites (tertiary alicyclic amines) is 1. The van der Waals surface area contributed by atoms with Crippen molar-refractivity contribution < 1.29 is 9.21 Å². The fourth-order valence-corrected chi connectivity index (χ4v) is 3.08. The molecule has 1 aromatic heterocycles. The van der Waals surface area contributed by atoms with Crippen LogP contribution in [0.3, 0.4) is 0 Å². The third kappa shape index (κ3) is 2.43. The molecule has 2 aliphatic heterocycles. The Morgan fingerprint density at radius 1 is 1.33 bits per heavy atom. The van der Waals surface area contributed by atoms with Gasteiger partial charge in [0.15, 0.2) is 0 Å². The van der Waals surface area contributed by atoms with Gasteiger partial charge in [-0.2, -0.15) is 0 Å². The SMILES string of the molecule is O=C1CCC2(CCN(Cc3ccco3)CC2)CN1. The summed E-state index contributed by atoms with van der Waals surface area (Å²) < 4.78 is 5.39. The van der Waals surface area contributed by atoms with Crippen molar-refractivity contribution >= 4 is 5.91 Å². The molecule has 0 bridgehead atoms. The Morgan fingerprint density at radius 3 is 2.78 bits per heavy atom. The molecule has 0 aromatic carbocycles. The second-order valence-electron chi connectivity index (χ2n) is 5.63. The minimum atomic E-state index is 0.221. The summed E-state index contributed by atoms with van der Waals surface area (Å²) in [6, 6.07) is 3.97. The first kappa shape index (κ1) is 11.8. The second-order valence-corrected chi connectivity index (χ2v) is 5.63. The standard InChI is InChI=1S/C14H20N2O2/c17-13-3-4-14(11-15-13)5-7-16(8-6-14)10-12-2-1-9-18-12/h1-2,9H,3-8,10-11H2,(H,15,17). The molecule has 3 heterocycles. The number of hydrogen-bond acceptors (Lipinski definition) is 3. The lowest BCUT2D eigenvalue weighted by Gasteiger charge is -2.43. The van der Waals surface area contributed by atoms with Gasteiger partial charge < -0.3 is 9.73 Å². The van der Waals surface area contributed by atoms with E-state index in [9.17, 15) is 4.79 Å². The van der Waals surface area contributed by atoms with E-state index in [0.29, 0.717) is 11.8 Å². The molecular weight excluding hydrogens is 228 g/mol. The van der Waals surface area contributed by atoms with Gasteiger partial charge in [0, 0.05) is 13.0 Å². The summed E-state index contributed by atoms with van der Waals surface area (Å²) in [5.41, 5.74) is 0.369. The molecule has 0 saturated carbocycles. The quantitative estimate of drug-likeness (QED) is 0.867. The number of hydrogen-bond donors (Lipinski definition) is 1. The van der Waals surface area contributed by atoms with E-state index in [2.05, 4.69) is 10.2 Å². The zero-order valence-electron chi connectivity index (χ0n) is 10.7. The van der Waals surface area contributed by atoms with Crippen molar-refractivity contribution in [1.29, 1.82) is 0 Å². The van der Waals surface area contributed by atoms with Crippen LogP contribution in [0.2, 0.25) is 0 Å². The highest BCUT2D eigenvalue weighted by Gasteiger charge is 2.37. The molecule has 2 saturated heterocycles. The van der Waals surface area contributed by atoms with E-state index in [0.717, 1.165) is 38.4 Å².